The Balaban J connectivity index is 1.09. The fraction of sp³-hybridized carbons (Fsp3) is 0. The zero-order chi connectivity index (χ0) is 48.2. The second kappa shape index (κ2) is 15.0. The number of benzene rings is 15. The van der Waals surface area contributed by atoms with Crippen LogP contribution in [0.3, 0.4) is 0 Å². The molecule has 0 unspecified atom stereocenters. The molecule has 0 aliphatic rings. The van der Waals surface area contributed by atoms with Crippen LogP contribution in [0, 0.1) is 0 Å². The van der Waals surface area contributed by atoms with Gasteiger partial charge in [-0.15, -0.1) is 0 Å². The maximum absolute atomic E-state index is 2.59. The number of hydrogen-bond donors (Lipinski definition) is 0. The van der Waals surface area contributed by atoms with Crippen LogP contribution in [0.15, 0.2) is 255 Å². The molecule has 0 N–H and O–H groups in total. The third kappa shape index (κ3) is 5.31. The molecule has 0 heteroatoms. The van der Waals surface area contributed by atoms with Crippen LogP contribution < -0.4 is 0 Å². The van der Waals surface area contributed by atoms with E-state index in [1.54, 1.807) is 0 Å². The molecule has 17 rings (SSSR count). The normalized spacial score (nSPS) is 12.3. The van der Waals surface area contributed by atoms with Gasteiger partial charge >= 0.3 is 0 Å². The monoisotopic (exact) mass is 930 g/mol. The maximum atomic E-state index is 2.59. The summed E-state index contributed by atoms with van der Waals surface area (Å²) in [6, 6.07) is 96.3. The van der Waals surface area contributed by atoms with Gasteiger partial charge in [-0.2, -0.15) is 0 Å². The van der Waals surface area contributed by atoms with Crippen molar-refractivity contribution in [2.24, 2.45) is 0 Å². The molecule has 0 bridgehead atoms. The highest BCUT2D eigenvalue weighted by Gasteiger charge is 2.28. The first-order valence-corrected chi connectivity index (χ1v) is 25.9. The minimum Gasteiger partial charge on any atom is -0.0616 e. The molecule has 338 valence electrons. The number of fused-ring (bicyclic) bond motifs is 14. The lowest BCUT2D eigenvalue weighted by molar-refractivity contribution is 1.68. The highest BCUT2D eigenvalue weighted by Crippen LogP contribution is 2.56. The fourth-order valence-electron chi connectivity index (χ4n) is 13.9. The van der Waals surface area contributed by atoms with E-state index in [-0.39, 0.29) is 0 Å². The highest BCUT2D eigenvalue weighted by molar-refractivity contribution is 6.46. The first-order valence-electron chi connectivity index (χ1n) is 25.9. The molecule has 74 heavy (non-hydrogen) atoms. The van der Waals surface area contributed by atoms with Crippen molar-refractivity contribution >= 4 is 129 Å². The first kappa shape index (κ1) is 40.0. The van der Waals surface area contributed by atoms with Crippen molar-refractivity contribution in [3.8, 4) is 44.5 Å². The van der Waals surface area contributed by atoms with Gasteiger partial charge in [-0.05, 0) is 186 Å². The molecule has 0 amide bonds. The van der Waals surface area contributed by atoms with Gasteiger partial charge in [0.05, 0.1) is 0 Å². The van der Waals surface area contributed by atoms with E-state index < -0.39 is 0 Å². The second-order valence-electron chi connectivity index (χ2n) is 20.5. The van der Waals surface area contributed by atoms with Gasteiger partial charge in [0.1, 0.15) is 0 Å². The summed E-state index contributed by atoms with van der Waals surface area (Å²) in [4.78, 5) is 0. The van der Waals surface area contributed by atoms with Crippen LogP contribution >= 0.6 is 0 Å². The first-order chi connectivity index (χ1) is 36.8. The summed E-state index contributed by atoms with van der Waals surface area (Å²) >= 11 is 0. The maximum Gasteiger partial charge on any atom is -0.000696 e. The van der Waals surface area contributed by atoms with E-state index in [9.17, 15) is 0 Å². The molecule has 0 fully saturated rings. The summed E-state index contributed by atoms with van der Waals surface area (Å²) in [5.41, 5.74) is 10.2. The fourth-order valence-corrected chi connectivity index (χ4v) is 13.9. The summed E-state index contributed by atoms with van der Waals surface area (Å²) in [6.45, 7) is 0. The molecule has 0 atom stereocenters. The van der Waals surface area contributed by atoms with E-state index in [1.165, 1.54) is 174 Å². The van der Waals surface area contributed by atoms with Crippen LogP contribution in [0.25, 0.3) is 174 Å². The quantitative estimate of drug-likeness (QED) is 0.154. The largest absolute Gasteiger partial charge is 0.0616 e. The lowest BCUT2D eigenvalue weighted by atomic mass is 9.84. The van der Waals surface area contributed by atoms with Crippen molar-refractivity contribution in [1.82, 2.24) is 0 Å². The Labute approximate surface area is 426 Å². The third-order valence-corrected chi connectivity index (χ3v) is 16.9. The third-order valence-electron chi connectivity index (χ3n) is 16.9. The van der Waals surface area contributed by atoms with Gasteiger partial charge in [0, 0.05) is 0 Å². The predicted molar refractivity (Wildman–Crippen MR) is 321 cm³/mol. The van der Waals surface area contributed by atoms with E-state index in [0.717, 1.165) is 0 Å². The van der Waals surface area contributed by atoms with Crippen molar-refractivity contribution in [2.75, 3.05) is 0 Å². The van der Waals surface area contributed by atoms with Crippen molar-refractivity contribution < 1.29 is 0 Å². The van der Waals surface area contributed by atoms with Gasteiger partial charge in [0.25, 0.3) is 0 Å². The molecule has 0 saturated carbocycles. The van der Waals surface area contributed by atoms with Crippen LogP contribution in [0.2, 0.25) is 0 Å². The van der Waals surface area contributed by atoms with Crippen molar-refractivity contribution in [3.05, 3.63) is 255 Å². The number of rotatable bonds is 4. The van der Waals surface area contributed by atoms with Crippen molar-refractivity contribution in [3.63, 3.8) is 0 Å². The molecule has 0 saturated heterocycles. The summed E-state index contributed by atoms with van der Waals surface area (Å²) in [6.07, 6.45) is 0. The van der Waals surface area contributed by atoms with Crippen molar-refractivity contribution in [1.29, 1.82) is 0 Å². The van der Waals surface area contributed by atoms with Gasteiger partial charge in [0.15, 0.2) is 0 Å². The molecule has 0 spiro atoms. The lowest BCUT2D eigenvalue weighted by Gasteiger charge is -2.19. The number of hydrogen-bond acceptors (Lipinski definition) is 0. The van der Waals surface area contributed by atoms with Crippen LogP contribution in [-0.4, -0.2) is 0 Å². The minimum atomic E-state index is 1.25. The summed E-state index contributed by atoms with van der Waals surface area (Å²) < 4.78 is 0. The molecular weight excluding hydrogens is 889 g/mol. The Morgan fingerprint density at radius 1 is 0.135 bits per heavy atom. The topological polar surface area (TPSA) is 0 Å². The van der Waals surface area contributed by atoms with E-state index >= 15 is 0 Å². The van der Waals surface area contributed by atoms with Crippen LogP contribution in [-0.2, 0) is 0 Å². The molecule has 17 aromatic rings. The lowest BCUT2D eigenvalue weighted by Crippen LogP contribution is -1.91. The van der Waals surface area contributed by atoms with E-state index in [0.29, 0.717) is 0 Å². The standard InChI is InChI=1S/C74H42/c1-5-25-47-43(17-1)21-11-31-51(47)59-39-40-60(52-32-12-22-44-18-2-6-26-48(44)52)72-65-41-63-58-36-16-38-62-68(58)66(42-64(63)57-35-15-37-61(67(57)65)71(59)72)74-70(54-34-14-24-46-20-4-8-28-50(46)54)56-30-10-9-29-55(56)69(73(62)74)53-33-13-23-45-19-3-7-27-49(45)53/h1-42H. The zero-order valence-electron chi connectivity index (χ0n) is 40.2. The Morgan fingerprint density at radius 2 is 0.419 bits per heavy atom. The average Bonchev–Trinajstić information content (AvgIpc) is 4.01. The molecular formula is C74H42. The summed E-state index contributed by atoms with van der Waals surface area (Å²) in [7, 11) is 0. The molecule has 17 aromatic carbocycles. The molecule has 0 aliphatic heterocycles. The van der Waals surface area contributed by atoms with Crippen molar-refractivity contribution in [2.45, 2.75) is 0 Å². The second-order valence-corrected chi connectivity index (χ2v) is 20.5. The Bertz CT molecular complexity index is 5230. The van der Waals surface area contributed by atoms with Crippen LogP contribution in [0.4, 0.5) is 0 Å². The molecule has 0 heterocycles. The molecule has 0 nitrogen and oxygen atoms in total. The Hall–Kier alpha value is -9.62. The molecule has 0 aromatic heterocycles. The van der Waals surface area contributed by atoms with Crippen LogP contribution in [0.1, 0.15) is 0 Å². The Morgan fingerprint density at radius 3 is 0.865 bits per heavy atom. The van der Waals surface area contributed by atoms with Crippen LogP contribution in [0.5, 0.6) is 0 Å². The van der Waals surface area contributed by atoms with Gasteiger partial charge in [0.2, 0.25) is 0 Å². The van der Waals surface area contributed by atoms with Gasteiger partial charge in [-0.3, -0.25) is 0 Å². The Kier molecular flexibility index (Phi) is 8.09. The molecule has 0 radical (unpaired) electrons. The highest BCUT2D eigenvalue weighted by atomic mass is 14.3. The summed E-state index contributed by atoms with van der Waals surface area (Å²) in [5, 5.41) is 30.9. The van der Waals surface area contributed by atoms with E-state index in [4.69, 9.17) is 0 Å². The SMILES string of the molecule is c1ccc2c(-c3ccc(-c4cccc5ccccc45)c4c5cc6c(cc7c8c(-c9cccc%10ccccc9%10)c9ccccc9c(-c9cccc%10ccccc9%10)c8c8cccc6c87)c6cccc(c34)c65)cccc2c1. The smallest absolute Gasteiger partial charge is 0.000696 e. The van der Waals surface area contributed by atoms with E-state index in [1.807, 2.05) is 0 Å². The predicted octanol–water partition coefficient (Wildman–Crippen LogP) is 21.1. The zero-order valence-corrected chi connectivity index (χ0v) is 40.2. The van der Waals surface area contributed by atoms with E-state index in [2.05, 4.69) is 255 Å². The van der Waals surface area contributed by atoms with Gasteiger partial charge in [-0.1, -0.05) is 243 Å². The van der Waals surface area contributed by atoms with Gasteiger partial charge in [-0.25, -0.2) is 0 Å². The van der Waals surface area contributed by atoms with Gasteiger partial charge < -0.3 is 0 Å². The minimum absolute atomic E-state index is 1.25. The molecule has 0 aliphatic carbocycles. The summed E-state index contributed by atoms with van der Waals surface area (Å²) in [5.74, 6) is 0. The average molecular weight is 931 g/mol.